The zero-order valence-electron chi connectivity index (χ0n) is 5.81. The Balaban J connectivity index is 1.97. The summed E-state index contributed by atoms with van der Waals surface area (Å²) in [5, 5.41) is 7.92. The van der Waals surface area contributed by atoms with E-state index in [2.05, 4.69) is 0 Å². The molecule has 0 amide bonds. The fourth-order valence-electron chi connectivity index (χ4n) is 0.902. The van der Waals surface area contributed by atoms with Gasteiger partial charge in [-0.1, -0.05) is 6.42 Å². The maximum Gasteiger partial charge on any atom is 0.0610 e. The molecule has 0 heterocycles. The van der Waals surface area contributed by atoms with E-state index in [1.165, 1.54) is 25.0 Å². The van der Waals surface area contributed by atoms with E-state index in [0.717, 1.165) is 11.0 Å². The van der Waals surface area contributed by atoms with Crippen molar-refractivity contribution in [2.45, 2.75) is 26.2 Å². The van der Waals surface area contributed by atoms with Gasteiger partial charge in [0.05, 0.1) is 5.04 Å². The Morgan fingerprint density at radius 1 is 1.67 bits per heavy atom. The molecule has 0 saturated heterocycles. The zero-order valence-corrected chi connectivity index (χ0v) is 6.63. The van der Waals surface area contributed by atoms with Gasteiger partial charge in [-0.15, -0.1) is 11.8 Å². The van der Waals surface area contributed by atoms with Crippen molar-refractivity contribution in [3.05, 3.63) is 0 Å². The van der Waals surface area contributed by atoms with Crippen molar-refractivity contribution in [3.63, 3.8) is 0 Å². The van der Waals surface area contributed by atoms with Crippen molar-refractivity contribution >= 4 is 16.8 Å². The molecule has 1 nitrogen and oxygen atoms in total. The Hall–Kier alpha value is 0.0200. The largest absolute Gasteiger partial charge is 0.299 e. The van der Waals surface area contributed by atoms with E-state index < -0.39 is 0 Å². The van der Waals surface area contributed by atoms with Crippen LogP contribution in [0.4, 0.5) is 0 Å². The molecule has 9 heavy (non-hydrogen) atoms. The van der Waals surface area contributed by atoms with Crippen LogP contribution in [0, 0.1) is 11.3 Å². The Kier molecular flexibility index (Phi) is 2.58. The number of hydrogen-bond donors (Lipinski definition) is 1. The van der Waals surface area contributed by atoms with E-state index in [-0.39, 0.29) is 0 Å². The highest BCUT2D eigenvalue weighted by Gasteiger charge is 2.16. The molecule has 0 bridgehead atoms. The molecule has 52 valence electrons. The van der Waals surface area contributed by atoms with E-state index in [9.17, 15) is 0 Å². The van der Waals surface area contributed by atoms with Crippen molar-refractivity contribution < 1.29 is 0 Å². The summed E-state index contributed by atoms with van der Waals surface area (Å²) < 4.78 is 0. The summed E-state index contributed by atoms with van der Waals surface area (Å²) in [5.74, 6) is 2.13. The lowest BCUT2D eigenvalue weighted by Gasteiger charge is -2.24. The molecule has 0 aliphatic heterocycles. The molecule has 0 spiro atoms. The van der Waals surface area contributed by atoms with Crippen LogP contribution in [-0.4, -0.2) is 10.8 Å². The van der Waals surface area contributed by atoms with Gasteiger partial charge in [-0.05, 0) is 25.7 Å². The van der Waals surface area contributed by atoms with E-state index in [4.69, 9.17) is 5.41 Å². The number of hydrogen-bond acceptors (Lipinski definition) is 2. The zero-order chi connectivity index (χ0) is 6.69. The van der Waals surface area contributed by atoms with Crippen LogP contribution in [0.2, 0.25) is 0 Å². The van der Waals surface area contributed by atoms with E-state index in [1.54, 1.807) is 11.8 Å². The van der Waals surface area contributed by atoms with Gasteiger partial charge in [-0.3, -0.25) is 5.41 Å². The first-order valence-electron chi connectivity index (χ1n) is 3.47. The molecule has 0 unspecified atom stereocenters. The summed E-state index contributed by atoms with van der Waals surface area (Å²) in [7, 11) is 0. The van der Waals surface area contributed by atoms with Crippen molar-refractivity contribution in [3.8, 4) is 0 Å². The Morgan fingerprint density at radius 3 is 2.67 bits per heavy atom. The van der Waals surface area contributed by atoms with Gasteiger partial charge in [0.15, 0.2) is 0 Å². The summed E-state index contributed by atoms with van der Waals surface area (Å²) in [4.78, 5) is 0. The quantitative estimate of drug-likeness (QED) is 0.466. The number of thioether (sulfide) groups is 1. The summed E-state index contributed by atoms with van der Waals surface area (Å²) in [6.45, 7) is 1.86. The average molecular weight is 143 g/mol. The summed E-state index contributed by atoms with van der Waals surface area (Å²) in [6, 6.07) is 0. The minimum atomic E-state index is 0.766. The molecule has 0 aromatic carbocycles. The summed E-state index contributed by atoms with van der Waals surface area (Å²) >= 11 is 1.70. The van der Waals surface area contributed by atoms with Gasteiger partial charge < -0.3 is 0 Å². The second kappa shape index (κ2) is 3.25. The molecule has 2 heteroatoms. The molecular weight excluding hydrogens is 130 g/mol. The molecule has 0 atom stereocenters. The van der Waals surface area contributed by atoms with Gasteiger partial charge in [0, 0.05) is 5.75 Å². The predicted octanol–water partition coefficient (Wildman–Crippen LogP) is 2.52. The maximum atomic E-state index is 7.15. The molecule has 0 radical (unpaired) electrons. The third-order valence-electron chi connectivity index (χ3n) is 1.76. The second-order valence-corrected chi connectivity index (χ2v) is 3.90. The monoisotopic (exact) mass is 143 g/mol. The molecule has 1 aliphatic rings. The normalized spacial score (nSPS) is 19.2. The molecule has 0 aromatic rings. The molecule has 1 rings (SSSR count). The highest BCUT2D eigenvalue weighted by atomic mass is 32.2. The molecule has 1 fully saturated rings. The van der Waals surface area contributed by atoms with Crippen LogP contribution < -0.4 is 0 Å². The third kappa shape index (κ3) is 2.39. The number of nitrogens with one attached hydrogen (secondary N) is 1. The maximum absolute atomic E-state index is 7.15. The lowest BCUT2D eigenvalue weighted by molar-refractivity contribution is 0.353. The Labute approximate surface area is 60.7 Å². The van der Waals surface area contributed by atoms with Gasteiger partial charge >= 0.3 is 0 Å². The molecule has 1 saturated carbocycles. The number of rotatable bonds is 2. The van der Waals surface area contributed by atoms with Crippen LogP contribution in [0.15, 0.2) is 0 Å². The van der Waals surface area contributed by atoms with Crippen LogP contribution >= 0.6 is 11.8 Å². The highest BCUT2D eigenvalue weighted by Crippen LogP contribution is 2.29. The summed E-state index contributed by atoms with van der Waals surface area (Å²) in [5.41, 5.74) is 0. The minimum Gasteiger partial charge on any atom is -0.299 e. The standard InChI is InChI=1S/C7H13NS/c1-6(8)9-5-7-3-2-4-7/h7-8H,2-5H2,1H3. The predicted molar refractivity (Wildman–Crippen MR) is 43.2 cm³/mol. The highest BCUT2D eigenvalue weighted by molar-refractivity contribution is 8.13. The minimum absolute atomic E-state index is 0.766. The average Bonchev–Trinajstić information content (AvgIpc) is 1.60. The van der Waals surface area contributed by atoms with Gasteiger partial charge in [0.2, 0.25) is 0 Å². The van der Waals surface area contributed by atoms with Crippen molar-refractivity contribution in [2.75, 3.05) is 5.75 Å². The topological polar surface area (TPSA) is 23.9 Å². The van der Waals surface area contributed by atoms with Gasteiger partial charge in [-0.2, -0.15) is 0 Å². The fraction of sp³-hybridized carbons (Fsp3) is 0.857. The Bertz CT molecular complexity index is 107. The van der Waals surface area contributed by atoms with Gasteiger partial charge in [-0.25, -0.2) is 0 Å². The van der Waals surface area contributed by atoms with E-state index in [0.29, 0.717) is 0 Å². The van der Waals surface area contributed by atoms with Crippen LogP contribution in [0.5, 0.6) is 0 Å². The molecule has 0 aromatic heterocycles. The van der Waals surface area contributed by atoms with Crippen molar-refractivity contribution in [1.82, 2.24) is 0 Å². The van der Waals surface area contributed by atoms with Crippen LogP contribution in [0.25, 0.3) is 0 Å². The fourth-order valence-corrected chi connectivity index (χ4v) is 1.72. The van der Waals surface area contributed by atoms with Crippen molar-refractivity contribution in [2.24, 2.45) is 5.92 Å². The van der Waals surface area contributed by atoms with Crippen LogP contribution in [0.1, 0.15) is 26.2 Å². The molecule has 1 N–H and O–H groups in total. The first kappa shape index (κ1) is 7.13. The summed E-state index contributed by atoms with van der Waals surface area (Å²) in [6.07, 6.45) is 4.23. The van der Waals surface area contributed by atoms with E-state index >= 15 is 0 Å². The first-order valence-corrected chi connectivity index (χ1v) is 4.45. The Morgan fingerprint density at radius 2 is 2.33 bits per heavy atom. The van der Waals surface area contributed by atoms with Crippen LogP contribution in [0.3, 0.4) is 0 Å². The van der Waals surface area contributed by atoms with Crippen LogP contribution in [-0.2, 0) is 0 Å². The van der Waals surface area contributed by atoms with Gasteiger partial charge in [0.1, 0.15) is 0 Å². The molecule has 1 aliphatic carbocycles. The third-order valence-corrected chi connectivity index (χ3v) is 2.83. The molecular formula is C7H13NS. The lowest BCUT2D eigenvalue weighted by Crippen LogP contribution is -2.13. The first-order chi connectivity index (χ1) is 4.29. The SMILES string of the molecule is CC(=N)SCC1CCC1. The smallest absolute Gasteiger partial charge is 0.0610 e. The van der Waals surface area contributed by atoms with Crippen molar-refractivity contribution in [1.29, 1.82) is 5.41 Å². The van der Waals surface area contributed by atoms with Gasteiger partial charge in [0.25, 0.3) is 0 Å². The lowest BCUT2D eigenvalue weighted by atomic mass is 9.87. The van der Waals surface area contributed by atoms with E-state index in [1.807, 2.05) is 6.92 Å². The second-order valence-electron chi connectivity index (χ2n) is 2.66.